The fraction of sp³-hybridized carbons (Fsp3) is 0.778. The molecule has 1 rings (SSSR count). The van der Waals surface area contributed by atoms with Crippen LogP contribution in [0, 0.1) is 5.92 Å². The Labute approximate surface area is 74.9 Å². The largest absolute Gasteiger partial charge is 0.378 e. The van der Waals surface area contributed by atoms with Gasteiger partial charge in [0, 0.05) is 13.1 Å². The molecule has 1 nitrogen and oxygen atoms in total. The van der Waals surface area contributed by atoms with Crippen LogP contribution in [0.4, 0.5) is 0 Å². The number of likely N-dealkylation sites (tertiary alicyclic amines) is 1. The molecule has 0 N–H and O–H groups in total. The van der Waals surface area contributed by atoms with E-state index in [4.69, 9.17) is 0 Å². The van der Waals surface area contributed by atoms with E-state index in [1.165, 1.54) is 25.9 Å². The van der Waals surface area contributed by atoms with E-state index in [1.807, 2.05) is 0 Å². The van der Waals surface area contributed by atoms with Gasteiger partial charge in [-0.2, -0.15) is 12.6 Å². The molecule has 0 saturated carbocycles. The van der Waals surface area contributed by atoms with Crippen LogP contribution in [0.1, 0.15) is 19.8 Å². The summed E-state index contributed by atoms with van der Waals surface area (Å²) in [7, 11) is 0. The molecule has 0 aliphatic carbocycles. The third-order valence-corrected chi connectivity index (χ3v) is 2.63. The molecule has 0 bridgehead atoms. The molecule has 64 valence electrons. The van der Waals surface area contributed by atoms with Gasteiger partial charge in [-0.1, -0.05) is 13.0 Å². The van der Waals surface area contributed by atoms with Gasteiger partial charge in [0.1, 0.15) is 0 Å². The Morgan fingerprint density at radius 2 is 2.09 bits per heavy atom. The Hall–Kier alpha value is -0.110. The molecular weight excluding hydrogens is 154 g/mol. The van der Waals surface area contributed by atoms with Gasteiger partial charge in [0.15, 0.2) is 0 Å². The van der Waals surface area contributed by atoms with Crippen LogP contribution in [-0.2, 0) is 0 Å². The molecule has 1 aliphatic heterocycles. The van der Waals surface area contributed by atoms with E-state index in [-0.39, 0.29) is 0 Å². The Bertz CT molecular complexity index is 128. The van der Waals surface area contributed by atoms with E-state index in [2.05, 4.69) is 36.7 Å². The monoisotopic (exact) mass is 171 g/mol. The summed E-state index contributed by atoms with van der Waals surface area (Å²) in [4.78, 5) is 2.39. The molecule has 1 fully saturated rings. The Kier molecular flexibility index (Phi) is 3.84. The van der Waals surface area contributed by atoms with Crippen molar-refractivity contribution in [3.63, 3.8) is 0 Å². The van der Waals surface area contributed by atoms with E-state index < -0.39 is 0 Å². The molecule has 1 saturated heterocycles. The molecule has 1 heterocycles. The van der Waals surface area contributed by atoms with Gasteiger partial charge in [-0.25, -0.2) is 0 Å². The molecule has 0 radical (unpaired) electrons. The molecule has 11 heavy (non-hydrogen) atoms. The minimum Gasteiger partial charge on any atom is -0.378 e. The van der Waals surface area contributed by atoms with E-state index in [1.54, 1.807) is 0 Å². The van der Waals surface area contributed by atoms with Gasteiger partial charge in [0.2, 0.25) is 0 Å². The second-order valence-electron chi connectivity index (χ2n) is 3.24. The summed E-state index contributed by atoms with van der Waals surface area (Å²) in [6.45, 7) is 4.69. The molecule has 0 spiro atoms. The molecule has 1 atom stereocenters. The number of rotatable bonds is 3. The molecule has 1 unspecified atom stereocenters. The number of thiol groups is 1. The maximum absolute atomic E-state index is 4.22. The van der Waals surface area contributed by atoms with Crippen LogP contribution in [0.5, 0.6) is 0 Å². The zero-order valence-electron chi connectivity index (χ0n) is 7.16. The highest BCUT2D eigenvalue weighted by atomic mass is 32.1. The smallest absolute Gasteiger partial charge is 0.0173 e. The predicted molar refractivity (Wildman–Crippen MR) is 53.0 cm³/mol. The van der Waals surface area contributed by atoms with E-state index in [0.717, 1.165) is 5.75 Å². The lowest BCUT2D eigenvalue weighted by molar-refractivity contribution is 0.464. The van der Waals surface area contributed by atoms with Gasteiger partial charge in [0.05, 0.1) is 0 Å². The minimum absolute atomic E-state index is 0.610. The fourth-order valence-electron chi connectivity index (χ4n) is 1.22. The quantitative estimate of drug-likeness (QED) is 0.637. The van der Waals surface area contributed by atoms with Gasteiger partial charge in [0.25, 0.3) is 0 Å². The first-order valence-electron chi connectivity index (χ1n) is 4.36. The third kappa shape index (κ3) is 3.19. The number of hydrogen-bond acceptors (Lipinski definition) is 2. The summed E-state index contributed by atoms with van der Waals surface area (Å²) < 4.78 is 0. The number of hydrogen-bond donors (Lipinski definition) is 1. The molecular formula is C9H17NS. The van der Waals surface area contributed by atoms with Crippen LogP contribution in [0.3, 0.4) is 0 Å². The lowest BCUT2D eigenvalue weighted by Gasteiger charge is -2.11. The normalized spacial score (nSPS) is 21.5. The Balaban J connectivity index is 2.22. The van der Waals surface area contributed by atoms with Gasteiger partial charge >= 0.3 is 0 Å². The standard InChI is InChI=1S/C9H17NS/c1-9(8-11)4-7-10-5-2-3-6-10/h4,7,9,11H,2-3,5-6,8H2,1H3/b7-4+. The molecule has 1 aliphatic rings. The minimum atomic E-state index is 0.610. The van der Waals surface area contributed by atoms with Crippen LogP contribution < -0.4 is 0 Å². The van der Waals surface area contributed by atoms with Crippen molar-refractivity contribution in [1.82, 2.24) is 4.90 Å². The summed E-state index contributed by atoms with van der Waals surface area (Å²) in [5.41, 5.74) is 0. The lowest BCUT2D eigenvalue weighted by Crippen LogP contribution is -2.11. The SMILES string of the molecule is CC(/C=C/N1CCCC1)CS. The Morgan fingerprint density at radius 3 is 2.64 bits per heavy atom. The molecule has 0 amide bonds. The van der Waals surface area contributed by atoms with Gasteiger partial charge in [-0.05, 0) is 30.7 Å². The van der Waals surface area contributed by atoms with Gasteiger partial charge < -0.3 is 4.90 Å². The number of allylic oxidation sites excluding steroid dienone is 1. The van der Waals surface area contributed by atoms with Crippen molar-refractivity contribution >= 4 is 12.6 Å². The van der Waals surface area contributed by atoms with Crippen molar-refractivity contribution in [3.05, 3.63) is 12.3 Å². The first-order chi connectivity index (χ1) is 5.33. The van der Waals surface area contributed by atoms with E-state index >= 15 is 0 Å². The highest BCUT2D eigenvalue weighted by molar-refractivity contribution is 7.80. The van der Waals surface area contributed by atoms with Crippen LogP contribution in [-0.4, -0.2) is 23.7 Å². The average molecular weight is 171 g/mol. The average Bonchev–Trinajstić information content (AvgIpc) is 2.52. The molecule has 2 heteroatoms. The second-order valence-corrected chi connectivity index (χ2v) is 3.61. The van der Waals surface area contributed by atoms with Crippen molar-refractivity contribution < 1.29 is 0 Å². The van der Waals surface area contributed by atoms with Gasteiger partial charge in [-0.3, -0.25) is 0 Å². The second kappa shape index (κ2) is 4.70. The summed E-state index contributed by atoms with van der Waals surface area (Å²) >= 11 is 4.22. The summed E-state index contributed by atoms with van der Waals surface area (Å²) in [5, 5.41) is 0. The van der Waals surface area contributed by atoms with Gasteiger partial charge in [-0.15, -0.1) is 0 Å². The zero-order valence-corrected chi connectivity index (χ0v) is 8.06. The number of nitrogens with zero attached hydrogens (tertiary/aromatic N) is 1. The Morgan fingerprint density at radius 1 is 1.45 bits per heavy atom. The van der Waals surface area contributed by atoms with Crippen LogP contribution >= 0.6 is 12.6 Å². The summed E-state index contributed by atoms with van der Waals surface area (Å²) in [6, 6.07) is 0. The predicted octanol–water partition coefficient (Wildman–Crippen LogP) is 2.16. The van der Waals surface area contributed by atoms with Crippen molar-refractivity contribution in [2.24, 2.45) is 5.92 Å². The summed E-state index contributed by atoms with van der Waals surface area (Å²) in [6.07, 6.45) is 7.20. The fourth-order valence-corrected chi connectivity index (χ4v) is 1.34. The maximum Gasteiger partial charge on any atom is 0.0173 e. The first-order valence-corrected chi connectivity index (χ1v) is 4.99. The van der Waals surface area contributed by atoms with Crippen LogP contribution in [0.25, 0.3) is 0 Å². The molecule has 0 aromatic carbocycles. The summed E-state index contributed by atoms with van der Waals surface area (Å²) in [5.74, 6) is 1.56. The molecule has 0 aromatic heterocycles. The van der Waals surface area contributed by atoms with E-state index in [9.17, 15) is 0 Å². The van der Waals surface area contributed by atoms with Crippen LogP contribution in [0.2, 0.25) is 0 Å². The van der Waals surface area contributed by atoms with E-state index in [0.29, 0.717) is 5.92 Å². The van der Waals surface area contributed by atoms with Crippen molar-refractivity contribution in [2.75, 3.05) is 18.8 Å². The first kappa shape index (κ1) is 8.98. The van der Waals surface area contributed by atoms with Crippen molar-refractivity contribution in [3.8, 4) is 0 Å². The third-order valence-electron chi connectivity index (χ3n) is 2.05. The topological polar surface area (TPSA) is 3.24 Å². The van der Waals surface area contributed by atoms with Crippen LogP contribution in [0.15, 0.2) is 12.3 Å². The maximum atomic E-state index is 4.22. The highest BCUT2D eigenvalue weighted by Gasteiger charge is 2.06. The van der Waals surface area contributed by atoms with Crippen molar-refractivity contribution in [2.45, 2.75) is 19.8 Å². The molecule has 0 aromatic rings. The highest BCUT2D eigenvalue weighted by Crippen LogP contribution is 2.09. The van der Waals surface area contributed by atoms with Crippen molar-refractivity contribution in [1.29, 1.82) is 0 Å². The zero-order chi connectivity index (χ0) is 8.10. The lowest BCUT2D eigenvalue weighted by atomic mass is 10.2.